The fourth-order valence-corrected chi connectivity index (χ4v) is 2.89. The lowest BCUT2D eigenvalue weighted by Gasteiger charge is -2.39. The number of ether oxygens (including phenoxy) is 1. The van der Waals surface area contributed by atoms with Crippen LogP contribution >= 0.6 is 0 Å². The molecule has 7 heteroatoms. The van der Waals surface area contributed by atoms with E-state index in [0.717, 1.165) is 0 Å². The highest BCUT2D eigenvalue weighted by molar-refractivity contribution is 5.93. The number of nitrogens with zero attached hydrogens (tertiary/aromatic N) is 2. The largest absolute Gasteiger partial charge is 0.497 e. The maximum atomic E-state index is 12.6. The molecule has 1 aliphatic rings. The molecule has 1 aliphatic heterocycles. The minimum atomic E-state index is -0.477. The quantitative estimate of drug-likeness (QED) is 0.889. The molecule has 122 valence electrons. The summed E-state index contributed by atoms with van der Waals surface area (Å²) in [5.74, 6) is 0.491. The van der Waals surface area contributed by atoms with Crippen molar-refractivity contribution in [3.8, 4) is 5.75 Å². The molecule has 3 rings (SSSR count). The number of nitrogens with one attached hydrogen (secondary N) is 2. The lowest BCUT2D eigenvalue weighted by molar-refractivity contribution is -0.125. The minimum absolute atomic E-state index is 0.0161. The number of imidazole rings is 1. The molecule has 0 spiro atoms. The van der Waals surface area contributed by atoms with Crippen LogP contribution < -0.4 is 15.4 Å². The van der Waals surface area contributed by atoms with Crippen LogP contribution in [-0.4, -0.2) is 39.9 Å². The number of carbonyl (C=O) groups excluding carboxylic acids is 2. The Bertz CT molecular complexity index is 766. The number of piperidine rings is 1. The minimum Gasteiger partial charge on any atom is -0.497 e. The summed E-state index contributed by atoms with van der Waals surface area (Å²) >= 11 is 0. The van der Waals surface area contributed by atoms with E-state index in [4.69, 9.17) is 4.74 Å². The van der Waals surface area contributed by atoms with E-state index in [1.165, 1.54) is 0 Å². The van der Waals surface area contributed by atoms with Gasteiger partial charge in [0.2, 0.25) is 5.91 Å². The normalized spacial score (nSPS) is 20.1. The van der Waals surface area contributed by atoms with Crippen molar-refractivity contribution >= 4 is 17.5 Å². The Morgan fingerprint density at radius 1 is 1.52 bits per heavy atom. The van der Waals surface area contributed by atoms with Gasteiger partial charge >= 0.3 is 0 Å². The molecule has 0 aliphatic carbocycles. The van der Waals surface area contributed by atoms with Gasteiger partial charge in [-0.05, 0) is 26.3 Å². The summed E-state index contributed by atoms with van der Waals surface area (Å²) in [6.45, 7) is 3.82. The molecule has 2 N–H and O–H groups in total. The van der Waals surface area contributed by atoms with E-state index in [2.05, 4.69) is 15.6 Å². The highest BCUT2D eigenvalue weighted by atomic mass is 16.5. The second kappa shape index (κ2) is 5.57. The number of aromatic nitrogens is 2. The van der Waals surface area contributed by atoms with Crippen LogP contribution in [0.25, 0.3) is 5.65 Å². The molecule has 0 radical (unpaired) electrons. The lowest BCUT2D eigenvalue weighted by Crippen LogP contribution is -2.62. The van der Waals surface area contributed by atoms with E-state index < -0.39 is 5.54 Å². The summed E-state index contributed by atoms with van der Waals surface area (Å²) in [5.41, 5.74) is 0.621. The highest BCUT2D eigenvalue weighted by Gasteiger charge is 2.36. The fraction of sp³-hybridized carbons (Fsp3) is 0.438. The van der Waals surface area contributed by atoms with Crippen molar-refractivity contribution in [2.45, 2.75) is 38.3 Å². The summed E-state index contributed by atoms with van der Waals surface area (Å²) in [7, 11) is 1.59. The van der Waals surface area contributed by atoms with Crippen molar-refractivity contribution < 1.29 is 14.3 Å². The van der Waals surface area contributed by atoms with Crippen molar-refractivity contribution in [2.24, 2.45) is 0 Å². The van der Waals surface area contributed by atoms with Crippen LogP contribution in [0.4, 0.5) is 0 Å². The Kier molecular flexibility index (Phi) is 3.71. The van der Waals surface area contributed by atoms with Crippen molar-refractivity contribution in [1.29, 1.82) is 0 Å². The van der Waals surface area contributed by atoms with Gasteiger partial charge in [-0.25, -0.2) is 4.98 Å². The van der Waals surface area contributed by atoms with Crippen LogP contribution in [0.3, 0.4) is 0 Å². The molecule has 1 saturated heterocycles. The SMILES string of the molecule is COc1ccn2c(C(=O)NC3CCC(=O)NC3(C)C)cnc2c1. The van der Waals surface area contributed by atoms with Gasteiger partial charge in [-0.1, -0.05) is 0 Å². The average Bonchev–Trinajstić information content (AvgIpc) is 2.92. The van der Waals surface area contributed by atoms with Gasteiger partial charge in [-0.15, -0.1) is 0 Å². The Morgan fingerprint density at radius 2 is 2.30 bits per heavy atom. The number of fused-ring (bicyclic) bond motifs is 1. The Hall–Kier alpha value is -2.57. The molecule has 0 aromatic carbocycles. The molecule has 0 bridgehead atoms. The Balaban J connectivity index is 1.82. The standard InChI is InChI=1S/C16H20N4O3/c1-16(2)12(4-5-14(21)19-16)18-15(22)11-9-17-13-8-10(23-3)6-7-20(11)13/h6-9,12H,4-5H2,1-3H3,(H,18,22)(H,19,21). The van der Waals surface area contributed by atoms with E-state index in [9.17, 15) is 9.59 Å². The summed E-state index contributed by atoms with van der Waals surface area (Å²) in [4.78, 5) is 28.4. The van der Waals surface area contributed by atoms with Crippen molar-refractivity contribution in [1.82, 2.24) is 20.0 Å². The first-order chi connectivity index (χ1) is 10.9. The molecule has 3 heterocycles. The smallest absolute Gasteiger partial charge is 0.270 e. The van der Waals surface area contributed by atoms with E-state index >= 15 is 0 Å². The van der Waals surface area contributed by atoms with E-state index in [-0.39, 0.29) is 17.9 Å². The van der Waals surface area contributed by atoms with Gasteiger partial charge in [0.15, 0.2) is 0 Å². The van der Waals surface area contributed by atoms with E-state index in [1.54, 1.807) is 36.0 Å². The summed E-state index contributed by atoms with van der Waals surface area (Å²) in [5, 5.41) is 5.92. The van der Waals surface area contributed by atoms with E-state index in [1.807, 2.05) is 13.8 Å². The number of amides is 2. The zero-order valence-electron chi connectivity index (χ0n) is 13.4. The lowest BCUT2D eigenvalue weighted by atomic mass is 9.87. The van der Waals surface area contributed by atoms with Gasteiger partial charge in [0.25, 0.3) is 5.91 Å². The molecule has 0 saturated carbocycles. The molecule has 7 nitrogen and oxygen atoms in total. The number of rotatable bonds is 3. The number of pyridine rings is 1. The van der Waals surface area contributed by atoms with Crippen molar-refractivity contribution in [2.75, 3.05) is 7.11 Å². The second-order valence-corrected chi connectivity index (χ2v) is 6.27. The molecule has 1 atom stereocenters. The molecule has 1 unspecified atom stereocenters. The number of hydrogen-bond acceptors (Lipinski definition) is 4. The van der Waals surface area contributed by atoms with Crippen LogP contribution in [0, 0.1) is 0 Å². The maximum Gasteiger partial charge on any atom is 0.270 e. The first-order valence-corrected chi connectivity index (χ1v) is 7.54. The van der Waals surface area contributed by atoms with Gasteiger partial charge < -0.3 is 15.4 Å². The van der Waals surface area contributed by atoms with Crippen LogP contribution in [0.1, 0.15) is 37.2 Å². The van der Waals surface area contributed by atoms with Gasteiger partial charge in [-0.2, -0.15) is 0 Å². The molecule has 23 heavy (non-hydrogen) atoms. The zero-order chi connectivity index (χ0) is 16.6. The van der Waals surface area contributed by atoms with Gasteiger partial charge in [0.1, 0.15) is 17.1 Å². The summed E-state index contributed by atoms with van der Waals surface area (Å²) in [6, 6.07) is 3.41. The predicted molar refractivity (Wildman–Crippen MR) is 84.5 cm³/mol. The first kappa shape index (κ1) is 15.3. The van der Waals surface area contributed by atoms with Gasteiger partial charge in [0.05, 0.1) is 24.9 Å². The third-order valence-electron chi connectivity index (χ3n) is 4.25. The number of methoxy groups -OCH3 is 1. The Morgan fingerprint density at radius 3 is 3.00 bits per heavy atom. The molecule has 2 aromatic heterocycles. The molecular weight excluding hydrogens is 296 g/mol. The number of carbonyl (C=O) groups is 2. The summed E-state index contributed by atoms with van der Waals surface area (Å²) in [6.07, 6.45) is 4.33. The molecule has 1 fully saturated rings. The third-order valence-corrected chi connectivity index (χ3v) is 4.25. The molecule has 2 aromatic rings. The van der Waals surface area contributed by atoms with Crippen LogP contribution in [0.15, 0.2) is 24.5 Å². The first-order valence-electron chi connectivity index (χ1n) is 7.54. The zero-order valence-corrected chi connectivity index (χ0v) is 13.4. The summed E-state index contributed by atoms with van der Waals surface area (Å²) < 4.78 is 6.87. The fourth-order valence-electron chi connectivity index (χ4n) is 2.89. The maximum absolute atomic E-state index is 12.6. The number of hydrogen-bond donors (Lipinski definition) is 2. The van der Waals surface area contributed by atoms with Crippen molar-refractivity contribution in [3.63, 3.8) is 0 Å². The second-order valence-electron chi connectivity index (χ2n) is 6.27. The van der Waals surface area contributed by atoms with Crippen LogP contribution in [0.5, 0.6) is 5.75 Å². The predicted octanol–water partition coefficient (Wildman–Crippen LogP) is 1.13. The van der Waals surface area contributed by atoms with E-state index in [0.29, 0.717) is 29.9 Å². The van der Waals surface area contributed by atoms with Crippen LogP contribution in [0.2, 0.25) is 0 Å². The average molecular weight is 316 g/mol. The topological polar surface area (TPSA) is 84.7 Å². The molecular formula is C16H20N4O3. The van der Waals surface area contributed by atoms with Gasteiger partial charge in [0, 0.05) is 18.7 Å². The molecule has 2 amide bonds. The monoisotopic (exact) mass is 316 g/mol. The van der Waals surface area contributed by atoms with Crippen LogP contribution in [-0.2, 0) is 4.79 Å². The van der Waals surface area contributed by atoms with Crippen molar-refractivity contribution in [3.05, 3.63) is 30.2 Å². The Labute approximate surface area is 134 Å². The van der Waals surface area contributed by atoms with Gasteiger partial charge in [-0.3, -0.25) is 14.0 Å². The third kappa shape index (κ3) is 2.86. The highest BCUT2D eigenvalue weighted by Crippen LogP contribution is 2.21.